The SMILES string of the molecule is C=C(N)c1cc(C)sc1NC. The molecule has 0 aromatic carbocycles. The van der Waals surface area contributed by atoms with Crippen LogP contribution >= 0.6 is 11.3 Å². The van der Waals surface area contributed by atoms with Gasteiger partial charge >= 0.3 is 0 Å². The monoisotopic (exact) mass is 168 g/mol. The molecule has 0 radical (unpaired) electrons. The van der Waals surface area contributed by atoms with E-state index < -0.39 is 0 Å². The summed E-state index contributed by atoms with van der Waals surface area (Å²) in [6, 6.07) is 2.04. The molecule has 0 atom stereocenters. The van der Waals surface area contributed by atoms with E-state index in [-0.39, 0.29) is 0 Å². The van der Waals surface area contributed by atoms with Crippen LogP contribution in [-0.2, 0) is 0 Å². The topological polar surface area (TPSA) is 38.0 Å². The lowest BCUT2D eigenvalue weighted by molar-refractivity contribution is 1.51. The van der Waals surface area contributed by atoms with Gasteiger partial charge in [-0.3, -0.25) is 0 Å². The summed E-state index contributed by atoms with van der Waals surface area (Å²) in [7, 11) is 1.89. The molecule has 3 heteroatoms. The zero-order valence-corrected chi connectivity index (χ0v) is 7.59. The molecule has 1 aromatic rings. The Kier molecular flexibility index (Phi) is 2.19. The molecule has 0 spiro atoms. The van der Waals surface area contributed by atoms with Gasteiger partial charge in [0, 0.05) is 23.2 Å². The Balaban J connectivity index is 3.12. The Hall–Kier alpha value is -0.960. The number of thiophene rings is 1. The van der Waals surface area contributed by atoms with Crippen molar-refractivity contribution in [3.8, 4) is 0 Å². The summed E-state index contributed by atoms with van der Waals surface area (Å²) in [4.78, 5) is 1.25. The van der Waals surface area contributed by atoms with Crippen molar-refractivity contribution in [3.05, 3.63) is 23.1 Å². The molecule has 0 bridgehead atoms. The smallest absolute Gasteiger partial charge is 0.0976 e. The quantitative estimate of drug-likeness (QED) is 0.709. The number of nitrogens with one attached hydrogen (secondary N) is 1. The lowest BCUT2D eigenvalue weighted by atomic mass is 10.2. The van der Waals surface area contributed by atoms with Crippen molar-refractivity contribution < 1.29 is 0 Å². The Morgan fingerprint density at radius 1 is 1.73 bits per heavy atom. The van der Waals surface area contributed by atoms with E-state index in [0.29, 0.717) is 5.70 Å². The molecular formula is C8H12N2S. The van der Waals surface area contributed by atoms with Crippen LogP contribution in [0.5, 0.6) is 0 Å². The summed E-state index contributed by atoms with van der Waals surface area (Å²) in [5, 5.41) is 4.17. The summed E-state index contributed by atoms with van der Waals surface area (Å²) in [5.74, 6) is 0. The largest absolute Gasteiger partial charge is 0.399 e. The van der Waals surface area contributed by atoms with E-state index in [1.54, 1.807) is 11.3 Å². The van der Waals surface area contributed by atoms with Gasteiger partial charge in [-0.15, -0.1) is 11.3 Å². The van der Waals surface area contributed by atoms with E-state index in [2.05, 4.69) is 18.8 Å². The van der Waals surface area contributed by atoms with E-state index in [4.69, 9.17) is 5.73 Å². The number of hydrogen-bond acceptors (Lipinski definition) is 3. The molecule has 0 aliphatic rings. The highest BCUT2D eigenvalue weighted by atomic mass is 32.1. The second-order valence-corrected chi connectivity index (χ2v) is 3.63. The molecule has 1 aromatic heterocycles. The number of anilines is 1. The highest BCUT2D eigenvalue weighted by Gasteiger charge is 2.05. The first-order valence-corrected chi connectivity index (χ1v) is 4.19. The summed E-state index contributed by atoms with van der Waals surface area (Å²) in [6.45, 7) is 5.75. The minimum Gasteiger partial charge on any atom is -0.399 e. The lowest BCUT2D eigenvalue weighted by Crippen LogP contribution is -1.95. The van der Waals surface area contributed by atoms with Crippen LogP contribution in [0.25, 0.3) is 5.70 Å². The fraction of sp³-hybridized carbons (Fsp3) is 0.250. The molecule has 0 aliphatic carbocycles. The summed E-state index contributed by atoms with van der Waals surface area (Å²) in [5.41, 5.74) is 7.22. The van der Waals surface area contributed by atoms with Crippen LogP contribution in [0.1, 0.15) is 10.4 Å². The van der Waals surface area contributed by atoms with Gasteiger partial charge in [0.2, 0.25) is 0 Å². The molecule has 11 heavy (non-hydrogen) atoms. The van der Waals surface area contributed by atoms with Crippen LogP contribution in [0.15, 0.2) is 12.6 Å². The maximum atomic E-state index is 5.58. The van der Waals surface area contributed by atoms with Crippen molar-refractivity contribution in [2.45, 2.75) is 6.92 Å². The third kappa shape index (κ3) is 1.54. The summed E-state index contributed by atoms with van der Waals surface area (Å²) >= 11 is 1.69. The minimum absolute atomic E-state index is 0.624. The average Bonchev–Trinajstić information content (AvgIpc) is 2.30. The van der Waals surface area contributed by atoms with Gasteiger partial charge < -0.3 is 11.1 Å². The van der Waals surface area contributed by atoms with Crippen molar-refractivity contribution in [2.24, 2.45) is 5.73 Å². The Bertz CT molecular complexity index is 276. The van der Waals surface area contributed by atoms with Crippen molar-refractivity contribution in [3.63, 3.8) is 0 Å². The molecule has 2 nitrogen and oxygen atoms in total. The van der Waals surface area contributed by atoms with Gasteiger partial charge in [-0.25, -0.2) is 0 Å². The van der Waals surface area contributed by atoms with Crippen LogP contribution < -0.4 is 11.1 Å². The molecule has 0 fully saturated rings. The molecule has 0 aliphatic heterocycles. The van der Waals surface area contributed by atoms with E-state index in [1.807, 2.05) is 13.1 Å². The van der Waals surface area contributed by atoms with E-state index in [9.17, 15) is 0 Å². The highest BCUT2D eigenvalue weighted by Crippen LogP contribution is 2.29. The lowest BCUT2D eigenvalue weighted by Gasteiger charge is -1.99. The summed E-state index contributed by atoms with van der Waals surface area (Å²) < 4.78 is 0. The first kappa shape index (κ1) is 8.14. The van der Waals surface area contributed by atoms with E-state index >= 15 is 0 Å². The van der Waals surface area contributed by atoms with E-state index in [0.717, 1.165) is 10.6 Å². The highest BCUT2D eigenvalue weighted by molar-refractivity contribution is 7.16. The van der Waals surface area contributed by atoms with E-state index in [1.165, 1.54) is 4.88 Å². The molecule has 1 heterocycles. The normalized spacial score (nSPS) is 9.64. The van der Waals surface area contributed by atoms with Crippen molar-refractivity contribution >= 4 is 22.0 Å². The van der Waals surface area contributed by atoms with Crippen molar-refractivity contribution in [2.75, 3.05) is 12.4 Å². The third-order valence-electron chi connectivity index (χ3n) is 1.43. The predicted octanol–water partition coefficient (Wildman–Crippen LogP) is 2.03. The van der Waals surface area contributed by atoms with Crippen LogP contribution in [0.2, 0.25) is 0 Å². The third-order valence-corrected chi connectivity index (χ3v) is 2.50. The maximum Gasteiger partial charge on any atom is 0.0976 e. The fourth-order valence-electron chi connectivity index (χ4n) is 0.938. The first-order valence-electron chi connectivity index (χ1n) is 3.38. The van der Waals surface area contributed by atoms with Gasteiger partial charge in [0.25, 0.3) is 0 Å². The van der Waals surface area contributed by atoms with Gasteiger partial charge in [-0.2, -0.15) is 0 Å². The zero-order valence-electron chi connectivity index (χ0n) is 6.77. The van der Waals surface area contributed by atoms with Crippen LogP contribution in [0, 0.1) is 6.92 Å². The number of hydrogen-bond donors (Lipinski definition) is 2. The number of nitrogens with two attached hydrogens (primary N) is 1. The Labute approximate surface area is 70.7 Å². The second kappa shape index (κ2) is 2.96. The average molecular weight is 168 g/mol. The number of rotatable bonds is 2. The van der Waals surface area contributed by atoms with Gasteiger partial charge in [0.05, 0.1) is 5.00 Å². The van der Waals surface area contributed by atoms with Crippen LogP contribution in [0.4, 0.5) is 5.00 Å². The van der Waals surface area contributed by atoms with Gasteiger partial charge in [-0.1, -0.05) is 6.58 Å². The summed E-state index contributed by atoms with van der Waals surface area (Å²) in [6.07, 6.45) is 0. The minimum atomic E-state index is 0.624. The molecular weight excluding hydrogens is 156 g/mol. The fourth-order valence-corrected chi connectivity index (χ4v) is 1.84. The molecule has 0 amide bonds. The molecule has 60 valence electrons. The maximum absolute atomic E-state index is 5.58. The molecule has 3 N–H and O–H groups in total. The van der Waals surface area contributed by atoms with Gasteiger partial charge in [-0.05, 0) is 13.0 Å². The second-order valence-electron chi connectivity index (χ2n) is 2.38. The van der Waals surface area contributed by atoms with Crippen LogP contribution in [-0.4, -0.2) is 7.05 Å². The predicted molar refractivity (Wildman–Crippen MR) is 51.8 cm³/mol. The van der Waals surface area contributed by atoms with Crippen LogP contribution in [0.3, 0.4) is 0 Å². The standard InChI is InChI=1S/C8H12N2S/c1-5-4-7(6(2)9)8(10-3)11-5/h4,10H,2,9H2,1,3H3. The van der Waals surface area contributed by atoms with Crippen molar-refractivity contribution in [1.29, 1.82) is 0 Å². The van der Waals surface area contributed by atoms with Gasteiger partial charge in [0.1, 0.15) is 0 Å². The number of aryl methyl sites for hydroxylation is 1. The first-order chi connectivity index (χ1) is 5.15. The molecule has 0 saturated carbocycles. The van der Waals surface area contributed by atoms with Gasteiger partial charge in [0.15, 0.2) is 0 Å². The molecule has 0 unspecified atom stereocenters. The Morgan fingerprint density at radius 2 is 2.36 bits per heavy atom. The molecule has 0 saturated heterocycles. The zero-order chi connectivity index (χ0) is 8.43. The molecule has 1 rings (SSSR count). The van der Waals surface area contributed by atoms with Crippen molar-refractivity contribution in [1.82, 2.24) is 0 Å². The Morgan fingerprint density at radius 3 is 2.73 bits per heavy atom.